The number of para-hydroxylation sites is 2. The first-order chi connectivity index (χ1) is 10.8. The fourth-order valence-corrected chi connectivity index (χ4v) is 3.72. The van der Waals surface area contributed by atoms with Crippen LogP contribution in [-0.4, -0.2) is 24.0 Å². The molecule has 3 nitrogen and oxygen atoms in total. The second-order valence-electron chi connectivity index (χ2n) is 6.15. The molecule has 2 heterocycles. The molecule has 0 N–H and O–H groups in total. The molecule has 0 bridgehead atoms. The van der Waals surface area contributed by atoms with Gasteiger partial charge in [-0.1, -0.05) is 36.4 Å². The van der Waals surface area contributed by atoms with E-state index in [1.807, 2.05) is 36.5 Å². The van der Waals surface area contributed by atoms with Crippen LogP contribution in [0.4, 0.5) is 11.4 Å². The lowest BCUT2D eigenvalue weighted by Crippen LogP contribution is -2.36. The van der Waals surface area contributed by atoms with Crippen LogP contribution in [0.3, 0.4) is 0 Å². The number of benzene rings is 2. The van der Waals surface area contributed by atoms with E-state index in [-0.39, 0.29) is 5.92 Å². The Morgan fingerprint density at radius 2 is 1.91 bits per heavy atom. The first-order valence-corrected chi connectivity index (χ1v) is 8.06. The molecule has 2 aromatic carbocycles. The van der Waals surface area contributed by atoms with Gasteiger partial charge < -0.3 is 10.1 Å². The van der Waals surface area contributed by atoms with Crippen molar-refractivity contribution in [1.29, 1.82) is 0 Å². The van der Waals surface area contributed by atoms with Gasteiger partial charge in [0.15, 0.2) is 6.21 Å². The summed E-state index contributed by atoms with van der Waals surface area (Å²) in [5.74, 6) is 0.210. The van der Waals surface area contributed by atoms with E-state index in [2.05, 4.69) is 23.1 Å². The van der Waals surface area contributed by atoms with E-state index in [9.17, 15) is 5.21 Å². The van der Waals surface area contributed by atoms with Crippen molar-refractivity contribution >= 4 is 17.6 Å². The molecule has 0 aromatic heterocycles. The quantitative estimate of drug-likeness (QED) is 0.364. The van der Waals surface area contributed by atoms with Gasteiger partial charge in [-0.15, -0.1) is 0 Å². The summed E-state index contributed by atoms with van der Waals surface area (Å²) in [6.45, 7) is 2.20. The van der Waals surface area contributed by atoms with Gasteiger partial charge in [-0.05, 0) is 30.4 Å². The first-order valence-electron chi connectivity index (χ1n) is 8.06. The lowest BCUT2D eigenvalue weighted by atomic mass is 9.85. The predicted molar refractivity (Wildman–Crippen MR) is 90.1 cm³/mol. The highest BCUT2D eigenvalue weighted by atomic mass is 16.5. The zero-order chi connectivity index (χ0) is 14.9. The summed E-state index contributed by atoms with van der Waals surface area (Å²) in [7, 11) is 0. The van der Waals surface area contributed by atoms with Crippen molar-refractivity contribution in [1.82, 2.24) is 0 Å². The third-order valence-electron chi connectivity index (χ3n) is 4.78. The van der Waals surface area contributed by atoms with Gasteiger partial charge >= 0.3 is 0 Å². The van der Waals surface area contributed by atoms with Gasteiger partial charge in [0.1, 0.15) is 0 Å². The standard InChI is InChI=1S/C19H20N2O/c22-21(17-8-2-1-3-9-17)14-16-11-13-20-12-5-7-15-6-4-10-18(16)19(15)20/h1-4,6,8-10,14,16H,5,7,11-13H2. The Hall–Kier alpha value is -2.29. The topological polar surface area (TPSA) is 29.3 Å². The summed E-state index contributed by atoms with van der Waals surface area (Å²) in [6, 6.07) is 16.0. The van der Waals surface area contributed by atoms with E-state index in [0.717, 1.165) is 30.7 Å². The summed E-state index contributed by atoms with van der Waals surface area (Å²) >= 11 is 0. The third-order valence-corrected chi connectivity index (χ3v) is 4.78. The summed E-state index contributed by atoms with van der Waals surface area (Å²) in [4.78, 5) is 2.50. The molecule has 1 atom stereocenters. The van der Waals surface area contributed by atoms with Crippen molar-refractivity contribution in [2.75, 3.05) is 18.0 Å². The van der Waals surface area contributed by atoms with Gasteiger partial charge in [0.2, 0.25) is 5.69 Å². The molecule has 0 amide bonds. The van der Waals surface area contributed by atoms with Gasteiger partial charge in [0.05, 0.1) is 5.92 Å². The van der Waals surface area contributed by atoms with Crippen LogP contribution in [0.2, 0.25) is 0 Å². The Labute approximate surface area is 131 Å². The molecule has 0 aliphatic carbocycles. The van der Waals surface area contributed by atoms with Crippen LogP contribution < -0.4 is 4.90 Å². The number of nitrogens with zero attached hydrogens (tertiary/aromatic N) is 2. The number of hydrogen-bond acceptors (Lipinski definition) is 2. The summed E-state index contributed by atoms with van der Waals surface area (Å²) in [5, 5.41) is 12.4. The van der Waals surface area contributed by atoms with E-state index < -0.39 is 0 Å². The fourth-order valence-electron chi connectivity index (χ4n) is 3.72. The molecule has 22 heavy (non-hydrogen) atoms. The maximum Gasteiger partial charge on any atom is 0.216 e. The van der Waals surface area contributed by atoms with Crippen LogP contribution >= 0.6 is 0 Å². The summed E-state index contributed by atoms with van der Waals surface area (Å²) < 4.78 is 1.03. The molecule has 0 saturated carbocycles. The zero-order valence-electron chi connectivity index (χ0n) is 12.6. The Bertz CT molecular complexity index is 709. The minimum absolute atomic E-state index is 0.210. The van der Waals surface area contributed by atoms with Crippen molar-refractivity contribution in [3.05, 3.63) is 64.9 Å². The number of rotatable bonds is 2. The maximum absolute atomic E-state index is 12.4. The van der Waals surface area contributed by atoms with E-state index in [1.54, 1.807) is 0 Å². The number of hydrogen-bond donors (Lipinski definition) is 0. The smallest absolute Gasteiger partial charge is 0.216 e. The van der Waals surface area contributed by atoms with Crippen molar-refractivity contribution in [3.63, 3.8) is 0 Å². The fraction of sp³-hybridized carbons (Fsp3) is 0.316. The van der Waals surface area contributed by atoms with Crippen LogP contribution in [-0.2, 0) is 6.42 Å². The first kappa shape index (κ1) is 13.4. The molecule has 0 spiro atoms. The minimum atomic E-state index is 0.210. The highest BCUT2D eigenvalue weighted by molar-refractivity contribution is 5.75. The van der Waals surface area contributed by atoms with Crippen molar-refractivity contribution < 1.29 is 4.74 Å². The SMILES string of the molecule is [O-][N+](=CC1CCN2CCCc3cccc1c32)c1ccccc1. The Balaban J connectivity index is 1.73. The van der Waals surface area contributed by atoms with Crippen LogP contribution in [0.25, 0.3) is 0 Å². The average molecular weight is 292 g/mol. The van der Waals surface area contributed by atoms with E-state index in [1.165, 1.54) is 23.2 Å². The average Bonchev–Trinajstić information content (AvgIpc) is 2.58. The molecule has 2 aliphatic heterocycles. The molecule has 4 rings (SSSR count). The molecular formula is C19H20N2O. The second kappa shape index (κ2) is 5.48. The summed E-state index contributed by atoms with van der Waals surface area (Å²) in [5.41, 5.74) is 4.86. The van der Waals surface area contributed by atoms with Gasteiger partial charge in [0, 0.05) is 30.9 Å². The van der Waals surface area contributed by atoms with E-state index in [0.29, 0.717) is 5.69 Å². The number of aryl methyl sites for hydroxylation is 1. The molecule has 0 radical (unpaired) electrons. The molecule has 0 fully saturated rings. The van der Waals surface area contributed by atoms with E-state index >= 15 is 0 Å². The van der Waals surface area contributed by atoms with Gasteiger partial charge in [0.25, 0.3) is 0 Å². The van der Waals surface area contributed by atoms with Gasteiger partial charge in [-0.2, -0.15) is 4.74 Å². The van der Waals surface area contributed by atoms with Crippen LogP contribution in [0.1, 0.15) is 29.9 Å². The van der Waals surface area contributed by atoms with E-state index in [4.69, 9.17) is 0 Å². The second-order valence-corrected chi connectivity index (χ2v) is 6.15. The lowest BCUT2D eigenvalue weighted by molar-refractivity contribution is -0.357. The van der Waals surface area contributed by atoms with Crippen LogP contribution in [0.5, 0.6) is 0 Å². The van der Waals surface area contributed by atoms with Gasteiger partial charge in [-0.25, -0.2) is 0 Å². The normalized spacial score (nSPS) is 20.6. The van der Waals surface area contributed by atoms with Crippen LogP contribution in [0, 0.1) is 5.21 Å². The van der Waals surface area contributed by atoms with Crippen molar-refractivity contribution in [3.8, 4) is 0 Å². The highest BCUT2D eigenvalue weighted by Gasteiger charge is 2.29. The summed E-state index contributed by atoms with van der Waals surface area (Å²) in [6.07, 6.45) is 5.26. The third kappa shape index (κ3) is 2.27. The zero-order valence-corrected chi connectivity index (χ0v) is 12.6. The highest BCUT2D eigenvalue weighted by Crippen LogP contribution is 2.39. The van der Waals surface area contributed by atoms with Crippen molar-refractivity contribution in [2.45, 2.75) is 25.2 Å². The van der Waals surface area contributed by atoms with Crippen LogP contribution in [0.15, 0.2) is 48.5 Å². The van der Waals surface area contributed by atoms with Crippen molar-refractivity contribution in [2.24, 2.45) is 0 Å². The minimum Gasteiger partial charge on any atom is -0.618 e. The molecular weight excluding hydrogens is 272 g/mol. The Morgan fingerprint density at radius 3 is 2.77 bits per heavy atom. The molecule has 2 aliphatic rings. The predicted octanol–water partition coefficient (Wildman–Crippen LogP) is 3.84. The largest absolute Gasteiger partial charge is 0.618 e. The Morgan fingerprint density at radius 1 is 1.05 bits per heavy atom. The molecule has 2 aromatic rings. The molecule has 3 heteroatoms. The lowest BCUT2D eigenvalue weighted by Gasteiger charge is -2.38. The number of anilines is 1. The van der Waals surface area contributed by atoms with Gasteiger partial charge in [-0.3, -0.25) is 0 Å². The molecule has 112 valence electrons. The Kier molecular flexibility index (Phi) is 3.34. The molecule has 0 saturated heterocycles. The monoisotopic (exact) mass is 292 g/mol. The molecule has 1 unspecified atom stereocenters. The maximum atomic E-state index is 12.4.